The van der Waals surface area contributed by atoms with Crippen LogP contribution in [0.25, 0.3) is 22.4 Å². The molecule has 0 radical (unpaired) electrons. The fraction of sp³-hybridized carbons (Fsp3) is 0.118. The van der Waals surface area contributed by atoms with Gasteiger partial charge < -0.3 is 4.98 Å². The van der Waals surface area contributed by atoms with E-state index >= 15 is 0 Å². The lowest BCUT2D eigenvalue weighted by Gasteiger charge is -2.09. The Kier molecular flexibility index (Phi) is 3.71. The minimum absolute atomic E-state index is 0.325. The number of H-pyrrole nitrogens is 1. The van der Waals surface area contributed by atoms with E-state index in [-0.39, 0.29) is 5.56 Å². The number of alkyl halides is 2. The zero-order chi connectivity index (χ0) is 15.7. The second-order valence-corrected chi connectivity index (χ2v) is 5.03. The third-order valence-corrected chi connectivity index (χ3v) is 3.52. The first-order valence-corrected chi connectivity index (χ1v) is 6.73. The first kappa shape index (κ1) is 14.4. The van der Waals surface area contributed by atoms with E-state index in [2.05, 4.69) is 9.97 Å². The van der Waals surface area contributed by atoms with Crippen molar-refractivity contribution in [1.29, 1.82) is 0 Å². The van der Waals surface area contributed by atoms with Gasteiger partial charge in [-0.3, -0.25) is 4.98 Å². The molecule has 0 fully saturated rings. The molecule has 22 heavy (non-hydrogen) atoms. The van der Waals surface area contributed by atoms with Gasteiger partial charge in [0.1, 0.15) is 5.82 Å². The van der Waals surface area contributed by atoms with Crippen molar-refractivity contribution in [3.63, 3.8) is 0 Å². The summed E-state index contributed by atoms with van der Waals surface area (Å²) in [6.07, 6.45) is 2.37. The summed E-state index contributed by atoms with van der Waals surface area (Å²) < 4.78 is 39.4. The van der Waals surface area contributed by atoms with Crippen molar-refractivity contribution < 1.29 is 13.2 Å². The van der Waals surface area contributed by atoms with Gasteiger partial charge in [-0.2, -0.15) is 0 Å². The van der Waals surface area contributed by atoms with Crippen LogP contribution in [0.1, 0.15) is 17.6 Å². The second-order valence-electron chi connectivity index (χ2n) is 5.03. The number of aromatic nitrogens is 2. The molecular formula is C17H13F3N2. The second kappa shape index (κ2) is 5.67. The number of pyridine rings is 1. The summed E-state index contributed by atoms with van der Waals surface area (Å²) in [5.74, 6) is -0.675. The molecule has 0 spiro atoms. The first-order chi connectivity index (χ1) is 10.6. The summed E-state index contributed by atoms with van der Waals surface area (Å²) in [6, 6.07) is 7.02. The maximum absolute atomic E-state index is 13.6. The van der Waals surface area contributed by atoms with Gasteiger partial charge in [-0.05, 0) is 48.4 Å². The normalized spacial score (nSPS) is 11.1. The lowest BCUT2D eigenvalue weighted by Crippen LogP contribution is -1.91. The lowest BCUT2D eigenvalue weighted by molar-refractivity contribution is 0.151. The molecular weight excluding hydrogens is 289 g/mol. The van der Waals surface area contributed by atoms with E-state index in [1.54, 1.807) is 24.7 Å². The zero-order valence-electron chi connectivity index (χ0n) is 11.8. The van der Waals surface area contributed by atoms with Crippen LogP contribution < -0.4 is 0 Å². The maximum Gasteiger partial charge on any atom is 0.263 e. The van der Waals surface area contributed by atoms with Crippen LogP contribution in [0.15, 0.2) is 48.9 Å². The van der Waals surface area contributed by atoms with Crippen molar-refractivity contribution in [3.05, 3.63) is 65.9 Å². The summed E-state index contributed by atoms with van der Waals surface area (Å²) in [5, 5.41) is 0. The van der Waals surface area contributed by atoms with Crippen LogP contribution >= 0.6 is 0 Å². The SMILES string of the molecule is Cc1cnccc1-c1[nH]ccc1-c1cc(F)cc(C(F)F)c1. The van der Waals surface area contributed by atoms with Crippen molar-refractivity contribution >= 4 is 0 Å². The van der Waals surface area contributed by atoms with Crippen LogP contribution in [-0.4, -0.2) is 9.97 Å². The Morgan fingerprint density at radius 3 is 2.64 bits per heavy atom. The molecule has 0 amide bonds. The van der Waals surface area contributed by atoms with Gasteiger partial charge in [0, 0.05) is 35.3 Å². The summed E-state index contributed by atoms with van der Waals surface area (Å²) >= 11 is 0. The van der Waals surface area contributed by atoms with Gasteiger partial charge in [0.15, 0.2) is 0 Å². The van der Waals surface area contributed by atoms with Crippen molar-refractivity contribution in [2.24, 2.45) is 0 Å². The molecule has 2 aromatic heterocycles. The van der Waals surface area contributed by atoms with Crippen LogP contribution in [0.2, 0.25) is 0 Å². The van der Waals surface area contributed by atoms with E-state index in [0.717, 1.165) is 22.9 Å². The molecule has 0 aliphatic carbocycles. The molecule has 2 nitrogen and oxygen atoms in total. The molecule has 0 saturated heterocycles. The molecule has 0 aliphatic rings. The Hall–Kier alpha value is -2.56. The number of hydrogen-bond acceptors (Lipinski definition) is 1. The van der Waals surface area contributed by atoms with Gasteiger partial charge >= 0.3 is 0 Å². The topological polar surface area (TPSA) is 28.7 Å². The molecule has 2 heterocycles. The highest BCUT2D eigenvalue weighted by molar-refractivity contribution is 5.82. The smallest absolute Gasteiger partial charge is 0.263 e. The van der Waals surface area contributed by atoms with Crippen LogP contribution in [-0.2, 0) is 0 Å². The summed E-state index contributed by atoms with van der Waals surface area (Å²) in [6.45, 7) is 1.91. The third-order valence-electron chi connectivity index (χ3n) is 3.52. The molecule has 0 bridgehead atoms. The van der Waals surface area contributed by atoms with Crippen molar-refractivity contribution in [2.75, 3.05) is 0 Å². The molecule has 0 unspecified atom stereocenters. The van der Waals surface area contributed by atoms with E-state index < -0.39 is 12.2 Å². The summed E-state index contributed by atoms with van der Waals surface area (Å²) in [4.78, 5) is 7.13. The van der Waals surface area contributed by atoms with E-state index in [1.807, 2.05) is 13.0 Å². The average Bonchev–Trinajstić information content (AvgIpc) is 2.96. The minimum atomic E-state index is -2.71. The summed E-state index contributed by atoms with van der Waals surface area (Å²) in [7, 11) is 0. The van der Waals surface area contributed by atoms with Gasteiger partial charge in [0.05, 0.1) is 5.69 Å². The largest absolute Gasteiger partial charge is 0.361 e. The van der Waals surface area contributed by atoms with E-state index in [1.165, 1.54) is 12.1 Å². The predicted octanol–water partition coefficient (Wildman–Crippen LogP) is 5.13. The number of rotatable bonds is 3. The van der Waals surface area contributed by atoms with Crippen LogP contribution in [0.5, 0.6) is 0 Å². The molecule has 5 heteroatoms. The standard InChI is InChI=1S/C17H13F3N2/c1-10-9-21-4-2-14(10)16-15(3-5-22-16)11-6-12(17(19)20)8-13(18)7-11/h2-9,17,22H,1H3. The number of nitrogens with one attached hydrogen (secondary N) is 1. The van der Waals surface area contributed by atoms with Crippen molar-refractivity contribution in [2.45, 2.75) is 13.3 Å². The molecule has 0 saturated carbocycles. The van der Waals surface area contributed by atoms with Gasteiger partial charge in [-0.25, -0.2) is 13.2 Å². The Morgan fingerprint density at radius 2 is 1.91 bits per heavy atom. The fourth-order valence-corrected chi connectivity index (χ4v) is 2.48. The van der Waals surface area contributed by atoms with E-state index in [9.17, 15) is 13.2 Å². The lowest BCUT2D eigenvalue weighted by atomic mass is 9.98. The monoisotopic (exact) mass is 302 g/mol. The number of aryl methyl sites for hydroxylation is 1. The number of hydrogen-bond donors (Lipinski definition) is 1. The van der Waals surface area contributed by atoms with Crippen LogP contribution in [0.3, 0.4) is 0 Å². The van der Waals surface area contributed by atoms with Crippen LogP contribution in [0.4, 0.5) is 13.2 Å². The zero-order valence-corrected chi connectivity index (χ0v) is 11.8. The molecule has 1 aromatic carbocycles. The Morgan fingerprint density at radius 1 is 1.09 bits per heavy atom. The fourth-order valence-electron chi connectivity index (χ4n) is 2.48. The highest BCUT2D eigenvalue weighted by Crippen LogP contribution is 2.34. The Labute approximate surface area is 125 Å². The quantitative estimate of drug-likeness (QED) is 0.714. The molecule has 3 aromatic rings. The summed E-state index contributed by atoms with van der Waals surface area (Å²) in [5.41, 5.74) is 3.37. The number of nitrogens with zero attached hydrogens (tertiary/aromatic N) is 1. The highest BCUT2D eigenvalue weighted by atomic mass is 19.3. The number of benzene rings is 1. The first-order valence-electron chi connectivity index (χ1n) is 6.73. The predicted molar refractivity (Wildman–Crippen MR) is 79.1 cm³/mol. The van der Waals surface area contributed by atoms with Crippen LogP contribution in [0, 0.1) is 12.7 Å². The maximum atomic E-state index is 13.6. The molecule has 3 rings (SSSR count). The molecule has 1 N–H and O–H groups in total. The van der Waals surface area contributed by atoms with Gasteiger partial charge in [0.25, 0.3) is 6.43 Å². The number of halogens is 3. The van der Waals surface area contributed by atoms with E-state index in [0.29, 0.717) is 11.1 Å². The average molecular weight is 302 g/mol. The van der Waals surface area contributed by atoms with Crippen molar-refractivity contribution in [3.8, 4) is 22.4 Å². The minimum Gasteiger partial charge on any atom is -0.361 e. The third kappa shape index (κ3) is 2.62. The van der Waals surface area contributed by atoms with Crippen molar-refractivity contribution in [1.82, 2.24) is 9.97 Å². The van der Waals surface area contributed by atoms with E-state index in [4.69, 9.17) is 0 Å². The van der Waals surface area contributed by atoms with Gasteiger partial charge in [-0.15, -0.1) is 0 Å². The molecule has 112 valence electrons. The van der Waals surface area contributed by atoms with Gasteiger partial charge in [0.2, 0.25) is 0 Å². The molecule has 0 atom stereocenters. The molecule has 0 aliphatic heterocycles. The highest BCUT2D eigenvalue weighted by Gasteiger charge is 2.15. The number of aromatic amines is 1. The Bertz CT molecular complexity index is 809. The van der Waals surface area contributed by atoms with Gasteiger partial charge in [-0.1, -0.05) is 0 Å². The Balaban J connectivity index is 2.16.